The van der Waals surface area contributed by atoms with Gasteiger partial charge in [-0.15, -0.1) is 0 Å². The van der Waals surface area contributed by atoms with Gasteiger partial charge in [-0.1, -0.05) is 65.0 Å². The molecule has 5 heteroatoms. The van der Waals surface area contributed by atoms with E-state index >= 15 is 0 Å². The Bertz CT molecular complexity index is 1010. The fourth-order valence-electron chi connectivity index (χ4n) is 3.47. The summed E-state index contributed by atoms with van der Waals surface area (Å²) in [5.41, 5.74) is 2.73. The molecule has 160 valence electrons. The minimum atomic E-state index is -0.450. The first kappa shape index (κ1) is 21.9. The number of ether oxygens (including phenoxy) is 1. The van der Waals surface area contributed by atoms with Gasteiger partial charge in [-0.05, 0) is 36.6 Å². The first-order valence-electron chi connectivity index (χ1n) is 10.7. The number of amides is 1. The zero-order chi connectivity index (χ0) is 21.9. The lowest BCUT2D eigenvalue weighted by Gasteiger charge is -2.22. The number of aromatic nitrogens is 2. The highest BCUT2D eigenvalue weighted by Gasteiger charge is 2.25. The van der Waals surface area contributed by atoms with E-state index in [2.05, 4.69) is 35.9 Å². The van der Waals surface area contributed by atoms with Crippen molar-refractivity contribution >= 4 is 16.9 Å². The molecule has 1 N–H and O–H groups in total. The zero-order valence-corrected chi connectivity index (χ0v) is 18.9. The topological polar surface area (TPSA) is 56.1 Å². The molecule has 0 aliphatic heterocycles. The Morgan fingerprint density at radius 3 is 2.43 bits per heavy atom. The highest BCUT2D eigenvalue weighted by Crippen LogP contribution is 2.27. The lowest BCUT2D eigenvalue weighted by molar-refractivity contribution is -0.129. The maximum absolute atomic E-state index is 12.5. The minimum absolute atomic E-state index is 0.00992. The number of carbonyl (C=O) groups is 1. The third-order valence-corrected chi connectivity index (χ3v) is 5.21. The van der Waals surface area contributed by atoms with Crippen molar-refractivity contribution in [1.29, 1.82) is 0 Å². The molecule has 1 unspecified atom stereocenters. The number of nitrogens with one attached hydrogen (secondary N) is 1. The van der Waals surface area contributed by atoms with Gasteiger partial charge in [0.2, 0.25) is 5.91 Å². The molecule has 3 rings (SSSR count). The summed E-state index contributed by atoms with van der Waals surface area (Å²) >= 11 is 0. The van der Waals surface area contributed by atoms with E-state index in [9.17, 15) is 4.79 Å². The van der Waals surface area contributed by atoms with E-state index in [1.165, 1.54) is 5.56 Å². The highest BCUT2D eigenvalue weighted by atomic mass is 16.5. The van der Waals surface area contributed by atoms with Gasteiger partial charge in [-0.25, -0.2) is 4.98 Å². The number of benzene rings is 2. The van der Waals surface area contributed by atoms with Crippen LogP contribution in [0.15, 0.2) is 48.5 Å². The Balaban J connectivity index is 1.83. The van der Waals surface area contributed by atoms with Gasteiger partial charge < -0.3 is 14.6 Å². The SMILES string of the molecule is CC(C)c1ccccc1OCCn1c(C(C)NC(=O)C(C)(C)C)nc2ccccc21. The van der Waals surface area contributed by atoms with Crippen LogP contribution in [0, 0.1) is 5.41 Å². The van der Waals surface area contributed by atoms with Crippen molar-refractivity contribution < 1.29 is 9.53 Å². The molecule has 1 heterocycles. The van der Waals surface area contributed by atoms with Crippen LogP contribution in [0.2, 0.25) is 0 Å². The Labute approximate surface area is 179 Å². The molecule has 0 radical (unpaired) electrons. The molecule has 0 aliphatic carbocycles. The number of hydrogen-bond donors (Lipinski definition) is 1. The van der Waals surface area contributed by atoms with Crippen molar-refractivity contribution in [3.05, 3.63) is 59.9 Å². The predicted molar refractivity (Wildman–Crippen MR) is 122 cm³/mol. The number of imidazole rings is 1. The van der Waals surface area contributed by atoms with Crippen molar-refractivity contribution in [3.8, 4) is 5.75 Å². The molecular weight excluding hydrogens is 374 g/mol. The molecule has 5 nitrogen and oxygen atoms in total. The van der Waals surface area contributed by atoms with Gasteiger partial charge in [0, 0.05) is 5.41 Å². The standard InChI is InChI=1S/C25H33N3O2/c1-17(2)19-11-7-10-14-22(19)30-16-15-28-21-13-9-8-12-20(21)27-23(28)18(3)26-24(29)25(4,5)6/h7-14,17-18H,15-16H2,1-6H3,(H,26,29). The molecule has 0 saturated carbocycles. The lowest BCUT2D eigenvalue weighted by Crippen LogP contribution is -2.37. The van der Waals surface area contributed by atoms with E-state index in [1.807, 2.05) is 64.1 Å². The molecular formula is C25H33N3O2. The summed E-state index contributed by atoms with van der Waals surface area (Å²) in [6.07, 6.45) is 0. The number of para-hydroxylation sites is 3. The molecule has 30 heavy (non-hydrogen) atoms. The maximum Gasteiger partial charge on any atom is 0.225 e. The van der Waals surface area contributed by atoms with Gasteiger partial charge in [-0.3, -0.25) is 4.79 Å². The first-order chi connectivity index (χ1) is 14.2. The van der Waals surface area contributed by atoms with Gasteiger partial charge in [0.25, 0.3) is 0 Å². The molecule has 0 spiro atoms. The van der Waals surface area contributed by atoms with Crippen LogP contribution in [0.5, 0.6) is 5.75 Å². The van der Waals surface area contributed by atoms with Crippen LogP contribution >= 0.6 is 0 Å². The number of hydrogen-bond acceptors (Lipinski definition) is 3. The molecule has 3 aromatic rings. The zero-order valence-electron chi connectivity index (χ0n) is 18.9. The minimum Gasteiger partial charge on any atom is -0.491 e. The molecule has 0 fully saturated rings. The van der Waals surface area contributed by atoms with E-state index in [-0.39, 0.29) is 11.9 Å². The van der Waals surface area contributed by atoms with Crippen LogP contribution in [0.4, 0.5) is 0 Å². The average Bonchev–Trinajstić information content (AvgIpc) is 3.06. The van der Waals surface area contributed by atoms with Gasteiger partial charge in [0.1, 0.15) is 18.2 Å². The summed E-state index contributed by atoms with van der Waals surface area (Å²) in [6.45, 7) is 13.2. The average molecular weight is 408 g/mol. The Morgan fingerprint density at radius 1 is 1.07 bits per heavy atom. The Morgan fingerprint density at radius 2 is 1.73 bits per heavy atom. The van der Waals surface area contributed by atoms with Crippen molar-refractivity contribution in [3.63, 3.8) is 0 Å². The van der Waals surface area contributed by atoms with E-state index in [0.29, 0.717) is 19.1 Å². The van der Waals surface area contributed by atoms with Gasteiger partial charge in [0.15, 0.2) is 0 Å². The van der Waals surface area contributed by atoms with Gasteiger partial charge in [-0.2, -0.15) is 0 Å². The van der Waals surface area contributed by atoms with Crippen LogP contribution in [0.3, 0.4) is 0 Å². The van der Waals surface area contributed by atoms with Crippen molar-refractivity contribution in [1.82, 2.24) is 14.9 Å². The second-order valence-corrected chi connectivity index (χ2v) is 9.10. The molecule has 0 saturated heterocycles. The fourth-order valence-corrected chi connectivity index (χ4v) is 3.47. The van der Waals surface area contributed by atoms with E-state index in [0.717, 1.165) is 22.6 Å². The normalized spacial score (nSPS) is 12.9. The smallest absolute Gasteiger partial charge is 0.225 e. The first-order valence-corrected chi connectivity index (χ1v) is 10.7. The number of rotatable bonds is 7. The Kier molecular flexibility index (Phi) is 6.49. The summed E-state index contributed by atoms with van der Waals surface area (Å²) in [7, 11) is 0. The summed E-state index contributed by atoms with van der Waals surface area (Å²) in [5, 5.41) is 3.11. The third kappa shape index (κ3) is 4.84. The third-order valence-electron chi connectivity index (χ3n) is 5.21. The van der Waals surface area contributed by atoms with E-state index < -0.39 is 5.41 Å². The van der Waals surface area contributed by atoms with Gasteiger partial charge in [0.05, 0.1) is 23.6 Å². The monoisotopic (exact) mass is 407 g/mol. The number of nitrogens with zero attached hydrogens (tertiary/aromatic N) is 2. The van der Waals surface area contributed by atoms with Crippen LogP contribution in [0.25, 0.3) is 11.0 Å². The Hall–Kier alpha value is -2.82. The van der Waals surface area contributed by atoms with Crippen LogP contribution in [0.1, 0.15) is 64.9 Å². The second-order valence-electron chi connectivity index (χ2n) is 9.10. The maximum atomic E-state index is 12.5. The lowest BCUT2D eigenvalue weighted by atomic mass is 9.95. The fraction of sp³-hybridized carbons (Fsp3) is 0.440. The molecule has 1 atom stereocenters. The van der Waals surface area contributed by atoms with Crippen LogP contribution < -0.4 is 10.1 Å². The molecule has 2 aromatic carbocycles. The van der Waals surface area contributed by atoms with Crippen molar-refractivity contribution in [2.75, 3.05) is 6.61 Å². The summed E-state index contributed by atoms with van der Waals surface area (Å²) in [4.78, 5) is 17.3. The number of carbonyl (C=O) groups excluding carboxylic acids is 1. The molecule has 0 aliphatic rings. The van der Waals surface area contributed by atoms with Crippen LogP contribution in [-0.2, 0) is 11.3 Å². The molecule has 1 aromatic heterocycles. The van der Waals surface area contributed by atoms with Crippen molar-refractivity contribution in [2.45, 2.75) is 60.0 Å². The molecule has 0 bridgehead atoms. The summed E-state index contributed by atoms with van der Waals surface area (Å²) in [6, 6.07) is 16.0. The quantitative estimate of drug-likeness (QED) is 0.566. The van der Waals surface area contributed by atoms with Crippen LogP contribution in [-0.4, -0.2) is 22.1 Å². The number of fused-ring (bicyclic) bond motifs is 1. The van der Waals surface area contributed by atoms with E-state index in [1.54, 1.807) is 0 Å². The predicted octanol–water partition coefficient (Wildman–Crippen LogP) is 5.46. The van der Waals surface area contributed by atoms with Crippen molar-refractivity contribution in [2.24, 2.45) is 5.41 Å². The summed E-state index contributed by atoms with van der Waals surface area (Å²) in [5.74, 6) is 2.18. The highest BCUT2D eigenvalue weighted by molar-refractivity contribution is 5.82. The van der Waals surface area contributed by atoms with Gasteiger partial charge >= 0.3 is 0 Å². The largest absolute Gasteiger partial charge is 0.491 e. The second kappa shape index (κ2) is 8.90. The molecule has 1 amide bonds. The summed E-state index contributed by atoms with van der Waals surface area (Å²) < 4.78 is 8.31. The van der Waals surface area contributed by atoms with E-state index in [4.69, 9.17) is 9.72 Å².